The maximum atomic E-state index is 10.9. The van der Waals surface area contributed by atoms with Crippen LogP contribution in [0.2, 0.25) is 10.0 Å². The van der Waals surface area contributed by atoms with E-state index >= 15 is 0 Å². The van der Waals surface area contributed by atoms with E-state index in [1.54, 1.807) is 0 Å². The molecule has 0 spiro atoms. The maximum Gasteiger partial charge on any atom is 0.338 e. The number of aromatic carboxylic acids is 1. The Labute approximate surface area is 116 Å². The van der Waals surface area contributed by atoms with Gasteiger partial charge in [0.05, 0.1) is 26.7 Å². The van der Waals surface area contributed by atoms with Crippen molar-refractivity contribution in [3.63, 3.8) is 0 Å². The third-order valence-electron chi connectivity index (χ3n) is 2.29. The molecule has 1 aromatic heterocycles. The summed E-state index contributed by atoms with van der Waals surface area (Å²) in [5.74, 6) is -1.19. The molecule has 9 heteroatoms. The molecule has 0 saturated carbocycles. The minimum absolute atomic E-state index is 0.0303. The summed E-state index contributed by atoms with van der Waals surface area (Å²) in [7, 11) is 0. The van der Waals surface area contributed by atoms with Crippen LogP contribution in [0, 0.1) is 10.1 Å². The second-order valence-corrected chi connectivity index (χ2v) is 4.31. The largest absolute Gasteiger partial charge is 0.478 e. The van der Waals surface area contributed by atoms with Crippen molar-refractivity contribution in [1.29, 1.82) is 0 Å². The van der Waals surface area contributed by atoms with Crippen LogP contribution in [0.5, 0.6) is 0 Å². The predicted molar refractivity (Wildman–Crippen MR) is 67.2 cm³/mol. The first-order valence-electron chi connectivity index (χ1n) is 4.82. The summed E-state index contributed by atoms with van der Waals surface area (Å²) < 4.78 is 1.06. The molecule has 0 unspecified atom stereocenters. The highest BCUT2D eigenvalue weighted by atomic mass is 35.5. The maximum absolute atomic E-state index is 10.9. The Morgan fingerprint density at radius 1 is 1.37 bits per heavy atom. The first kappa shape index (κ1) is 13.3. The van der Waals surface area contributed by atoms with E-state index in [1.165, 1.54) is 6.07 Å². The van der Waals surface area contributed by atoms with E-state index in [1.807, 2.05) is 0 Å². The molecule has 19 heavy (non-hydrogen) atoms. The number of nitro benzene ring substituents is 1. The number of halogens is 2. The van der Waals surface area contributed by atoms with Crippen molar-refractivity contribution < 1.29 is 14.8 Å². The van der Waals surface area contributed by atoms with E-state index in [0.29, 0.717) is 0 Å². The number of benzene rings is 1. The van der Waals surface area contributed by atoms with Gasteiger partial charge in [0.15, 0.2) is 0 Å². The summed E-state index contributed by atoms with van der Waals surface area (Å²) in [4.78, 5) is 21.0. The van der Waals surface area contributed by atoms with E-state index in [2.05, 4.69) is 5.10 Å². The van der Waals surface area contributed by atoms with Crippen molar-refractivity contribution in [2.45, 2.75) is 0 Å². The zero-order valence-electron chi connectivity index (χ0n) is 9.08. The molecule has 0 radical (unpaired) electrons. The average molecular weight is 302 g/mol. The Balaban J connectivity index is 2.62. The Bertz CT molecular complexity index is 683. The van der Waals surface area contributed by atoms with Crippen LogP contribution in [0.3, 0.4) is 0 Å². The van der Waals surface area contributed by atoms with Crippen LogP contribution >= 0.6 is 23.2 Å². The van der Waals surface area contributed by atoms with Crippen molar-refractivity contribution in [3.05, 3.63) is 50.2 Å². The van der Waals surface area contributed by atoms with Gasteiger partial charge in [0, 0.05) is 12.3 Å². The molecule has 98 valence electrons. The van der Waals surface area contributed by atoms with Crippen molar-refractivity contribution in [1.82, 2.24) is 9.78 Å². The molecule has 2 aromatic rings. The van der Waals surface area contributed by atoms with Crippen LogP contribution in [0.25, 0.3) is 5.69 Å². The summed E-state index contributed by atoms with van der Waals surface area (Å²) in [5, 5.41) is 23.6. The highest BCUT2D eigenvalue weighted by molar-refractivity contribution is 6.42. The Kier molecular flexibility index (Phi) is 3.41. The number of carbonyl (C=O) groups is 1. The van der Waals surface area contributed by atoms with Crippen LogP contribution in [0.15, 0.2) is 24.5 Å². The third-order valence-corrected chi connectivity index (χ3v) is 3.01. The first-order chi connectivity index (χ1) is 8.90. The minimum atomic E-state index is -1.19. The number of carboxylic acid groups (broad SMARTS) is 1. The van der Waals surface area contributed by atoms with Crippen molar-refractivity contribution in [2.24, 2.45) is 0 Å². The molecule has 1 aromatic carbocycles. The second kappa shape index (κ2) is 4.87. The van der Waals surface area contributed by atoms with E-state index in [-0.39, 0.29) is 27.0 Å². The van der Waals surface area contributed by atoms with Gasteiger partial charge in [-0.2, -0.15) is 5.10 Å². The summed E-state index contributed by atoms with van der Waals surface area (Å²) >= 11 is 11.5. The highest BCUT2D eigenvalue weighted by Crippen LogP contribution is 2.32. The fourth-order valence-corrected chi connectivity index (χ4v) is 1.74. The number of rotatable bonds is 3. The Hall–Kier alpha value is -2.12. The smallest absolute Gasteiger partial charge is 0.338 e. The zero-order valence-corrected chi connectivity index (χ0v) is 10.6. The molecule has 0 saturated heterocycles. The molecular weight excluding hydrogens is 297 g/mol. The van der Waals surface area contributed by atoms with Gasteiger partial charge in [-0.25, -0.2) is 9.48 Å². The molecule has 0 aliphatic heterocycles. The molecule has 1 N–H and O–H groups in total. The second-order valence-electron chi connectivity index (χ2n) is 3.49. The lowest BCUT2D eigenvalue weighted by molar-refractivity contribution is -0.384. The average Bonchev–Trinajstić information content (AvgIpc) is 2.81. The lowest BCUT2D eigenvalue weighted by atomic mass is 10.2. The molecule has 1 heterocycles. The Morgan fingerprint density at radius 2 is 2.00 bits per heavy atom. The van der Waals surface area contributed by atoms with Crippen molar-refractivity contribution >= 4 is 34.9 Å². The molecule has 0 amide bonds. The van der Waals surface area contributed by atoms with E-state index < -0.39 is 10.9 Å². The number of nitrogens with zero attached hydrogens (tertiary/aromatic N) is 3. The van der Waals surface area contributed by atoms with E-state index in [9.17, 15) is 14.9 Å². The van der Waals surface area contributed by atoms with Crippen LogP contribution in [-0.2, 0) is 0 Å². The van der Waals surface area contributed by atoms with Gasteiger partial charge in [-0.3, -0.25) is 10.1 Å². The van der Waals surface area contributed by atoms with Gasteiger partial charge >= 0.3 is 5.97 Å². The summed E-state index contributed by atoms with van der Waals surface area (Å²) in [6, 6.07) is 2.34. The minimum Gasteiger partial charge on any atom is -0.478 e. The standard InChI is InChI=1S/C10H5Cl2N3O4/c11-6-1-8(9(15(18)19)2-7(6)12)14-4-5(3-13-14)10(16)17/h1-4H,(H,16,17). The number of nitro groups is 1. The van der Waals surface area contributed by atoms with Gasteiger partial charge in [-0.15, -0.1) is 0 Å². The lowest BCUT2D eigenvalue weighted by Crippen LogP contribution is -2.01. The van der Waals surface area contributed by atoms with Crippen LogP contribution in [0.1, 0.15) is 10.4 Å². The molecule has 0 fully saturated rings. The zero-order chi connectivity index (χ0) is 14.2. The van der Waals surface area contributed by atoms with Gasteiger partial charge in [-0.1, -0.05) is 23.2 Å². The molecule has 2 rings (SSSR count). The Morgan fingerprint density at radius 3 is 2.53 bits per heavy atom. The van der Waals surface area contributed by atoms with E-state index in [4.69, 9.17) is 28.3 Å². The molecule has 7 nitrogen and oxygen atoms in total. The summed E-state index contributed by atoms with van der Waals surface area (Å²) in [6.45, 7) is 0. The summed E-state index contributed by atoms with van der Waals surface area (Å²) in [5.41, 5.74) is -0.387. The van der Waals surface area contributed by atoms with Crippen LogP contribution in [0.4, 0.5) is 5.69 Å². The molecule has 0 aliphatic carbocycles. The van der Waals surface area contributed by atoms with Crippen LogP contribution < -0.4 is 0 Å². The number of aromatic nitrogens is 2. The molecular formula is C10H5Cl2N3O4. The van der Waals surface area contributed by atoms with Gasteiger partial charge in [0.1, 0.15) is 5.69 Å². The topological polar surface area (TPSA) is 98.3 Å². The number of carboxylic acids is 1. The fraction of sp³-hybridized carbons (Fsp3) is 0. The lowest BCUT2D eigenvalue weighted by Gasteiger charge is -2.04. The number of hydrogen-bond donors (Lipinski definition) is 1. The third kappa shape index (κ3) is 2.51. The molecule has 0 aliphatic rings. The highest BCUT2D eigenvalue weighted by Gasteiger charge is 2.20. The van der Waals surface area contributed by atoms with Gasteiger partial charge < -0.3 is 5.11 Å². The predicted octanol–water partition coefficient (Wildman–Crippen LogP) is 2.79. The normalized spacial score (nSPS) is 10.4. The van der Waals surface area contributed by atoms with Gasteiger partial charge in [0.25, 0.3) is 5.69 Å². The first-order valence-corrected chi connectivity index (χ1v) is 5.57. The SMILES string of the molecule is O=C(O)c1cnn(-c2cc(Cl)c(Cl)cc2[N+](=O)[O-])c1. The number of hydrogen-bond acceptors (Lipinski definition) is 4. The summed E-state index contributed by atoms with van der Waals surface area (Å²) in [6.07, 6.45) is 2.23. The van der Waals surface area contributed by atoms with Crippen molar-refractivity contribution in [3.8, 4) is 5.69 Å². The monoisotopic (exact) mass is 301 g/mol. The van der Waals surface area contributed by atoms with E-state index in [0.717, 1.165) is 23.1 Å². The molecule has 0 atom stereocenters. The van der Waals surface area contributed by atoms with Gasteiger partial charge in [-0.05, 0) is 6.07 Å². The van der Waals surface area contributed by atoms with Crippen LogP contribution in [-0.4, -0.2) is 25.8 Å². The van der Waals surface area contributed by atoms with Gasteiger partial charge in [0.2, 0.25) is 0 Å². The molecule has 0 bridgehead atoms. The quantitative estimate of drug-likeness (QED) is 0.694. The van der Waals surface area contributed by atoms with Crippen molar-refractivity contribution in [2.75, 3.05) is 0 Å². The fourth-order valence-electron chi connectivity index (χ4n) is 1.42.